The molecule has 0 radical (unpaired) electrons. The molecule has 0 fully saturated rings. The molecule has 0 saturated carbocycles. The molecule has 2 rings (SSSR count). The summed E-state index contributed by atoms with van der Waals surface area (Å²) >= 11 is 6.07. The molecule has 2 aromatic rings. The van der Waals surface area contributed by atoms with Gasteiger partial charge in [0, 0.05) is 11.8 Å². The minimum atomic E-state index is -1.06. The van der Waals surface area contributed by atoms with Crippen molar-refractivity contribution in [1.29, 1.82) is 0 Å². The second-order valence-electron chi connectivity index (χ2n) is 4.69. The second kappa shape index (κ2) is 7.65. The van der Waals surface area contributed by atoms with Gasteiger partial charge in [-0.1, -0.05) is 29.8 Å². The molecule has 1 atom stereocenters. The van der Waals surface area contributed by atoms with E-state index in [1.165, 1.54) is 14.0 Å². The number of methoxy groups -OCH3 is 1. The molecule has 0 unspecified atom stereocenters. The first-order valence-electron chi connectivity index (χ1n) is 6.88. The Morgan fingerprint density at radius 3 is 2.65 bits per heavy atom. The van der Waals surface area contributed by atoms with Gasteiger partial charge >= 0.3 is 5.97 Å². The Kier molecular flexibility index (Phi) is 5.60. The van der Waals surface area contributed by atoms with Gasteiger partial charge in [0.1, 0.15) is 0 Å². The van der Waals surface area contributed by atoms with E-state index in [9.17, 15) is 4.79 Å². The van der Waals surface area contributed by atoms with E-state index < -0.39 is 12.1 Å². The van der Waals surface area contributed by atoms with E-state index in [0.717, 1.165) is 0 Å². The first-order chi connectivity index (χ1) is 11.0. The van der Waals surface area contributed by atoms with Crippen LogP contribution in [0, 0.1) is 0 Å². The van der Waals surface area contributed by atoms with E-state index >= 15 is 0 Å². The fourth-order valence-corrected chi connectivity index (χ4v) is 2.03. The molecule has 120 valence electrons. The largest absolute Gasteiger partial charge is 0.493 e. The molecule has 0 saturated heterocycles. The number of carbonyl (C=O) groups is 1. The van der Waals surface area contributed by atoms with Crippen LogP contribution in [0.3, 0.4) is 0 Å². The van der Waals surface area contributed by atoms with Crippen LogP contribution in [-0.2, 0) is 4.79 Å². The van der Waals surface area contributed by atoms with Crippen molar-refractivity contribution in [2.24, 2.45) is 4.99 Å². The average molecular weight is 334 g/mol. The Morgan fingerprint density at radius 1 is 1.26 bits per heavy atom. The molecule has 0 aromatic heterocycles. The van der Waals surface area contributed by atoms with E-state index in [0.29, 0.717) is 27.8 Å². The minimum absolute atomic E-state index is 0.320. The highest BCUT2D eigenvalue weighted by Crippen LogP contribution is 2.32. The van der Waals surface area contributed by atoms with Crippen LogP contribution in [0.2, 0.25) is 5.02 Å². The zero-order chi connectivity index (χ0) is 16.8. The van der Waals surface area contributed by atoms with Gasteiger partial charge in [-0.25, -0.2) is 4.79 Å². The summed E-state index contributed by atoms with van der Waals surface area (Å²) in [5.41, 5.74) is 1.20. The number of halogens is 1. The summed E-state index contributed by atoms with van der Waals surface area (Å²) in [4.78, 5) is 15.3. The summed E-state index contributed by atoms with van der Waals surface area (Å²) in [5, 5.41) is 9.55. The lowest BCUT2D eigenvalue weighted by molar-refractivity contribution is -0.144. The molecule has 5 nitrogen and oxygen atoms in total. The Hall–Kier alpha value is -2.53. The lowest BCUT2D eigenvalue weighted by Crippen LogP contribution is -2.23. The van der Waals surface area contributed by atoms with Crippen LogP contribution in [-0.4, -0.2) is 30.5 Å². The maximum absolute atomic E-state index is 11.0. The Bertz CT molecular complexity index is 730. The third-order valence-corrected chi connectivity index (χ3v) is 3.39. The van der Waals surface area contributed by atoms with Crippen molar-refractivity contribution in [3.63, 3.8) is 0 Å². The number of para-hydroxylation sites is 2. The maximum Gasteiger partial charge on any atom is 0.344 e. The number of rotatable bonds is 6. The number of carboxylic acid groups (broad SMARTS) is 1. The van der Waals surface area contributed by atoms with Crippen molar-refractivity contribution in [3.8, 4) is 11.5 Å². The summed E-state index contributed by atoms with van der Waals surface area (Å²) in [6, 6.07) is 12.4. The van der Waals surface area contributed by atoms with Crippen molar-refractivity contribution in [1.82, 2.24) is 0 Å². The highest BCUT2D eigenvalue weighted by atomic mass is 35.5. The number of ether oxygens (including phenoxy) is 2. The summed E-state index contributed by atoms with van der Waals surface area (Å²) in [7, 11) is 1.49. The van der Waals surface area contributed by atoms with Crippen LogP contribution in [0.25, 0.3) is 0 Å². The van der Waals surface area contributed by atoms with Crippen LogP contribution in [0.5, 0.6) is 11.5 Å². The second-order valence-corrected chi connectivity index (χ2v) is 5.09. The van der Waals surface area contributed by atoms with Crippen LogP contribution >= 0.6 is 11.6 Å². The third kappa shape index (κ3) is 4.23. The molecule has 0 bridgehead atoms. The molecule has 0 amide bonds. The lowest BCUT2D eigenvalue weighted by atomic mass is 10.2. The van der Waals surface area contributed by atoms with Crippen LogP contribution < -0.4 is 9.47 Å². The van der Waals surface area contributed by atoms with E-state index in [1.54, 1.807) is 36.5 Å². The Labute approximate surface area is 139 Å². The van der Waals surface area contributed by atoms with Crippen molar-refractivity contribution in [2.75, 3.05) is 7.11 Å². The molecule has 0 aliphatic carbocycles. The molecular formula is C17H16ClNO4. The van der Waals surface area contributed by atoms with Crippen molar-refractivity contribution < 1.29 is 19.4 Å². The number of hydrogen-bond donors (Lipinski definition) is 1. The quantitative estimate of drug-likeness (QED) is 0.813. The van der Waals surface area contributed by atoms with E-state index in [1.807, 2.05) is 12.1 Å². The fraction of sp³-hybridized carbons (Fsp3) is 0.176. The molecular weight excluding hydrogens is 318 g/mol. The molecule has 6 heteroatoms. The van der Waals surface area contributed by atoms with Gasteiger partial charge in [0.25, 0.3) is 0 Å². The SMILES string of the molecule is COc1cccc(C=Nc2ccccc2Cl)c1O[C@H](C)C(=O)O. The highest BCUT2D eigenvalue weighted by Gasteiger charge is 2.17. The molecule has 0 aliphatic heterocycles. The lowest BCUT2D eigenvalue weighted by Gasteiger charge is -2.15. The first-order valence-corrected chi connectivity index (χ1v) is 7.25. The Balaban J connectivity index is 2.38. The van der Waals surface area contributed by atoms with Gasteiger partial charge in [0.2, 0.25) is 0 Å². The summed E-state index contributed by atoms with van der Waals surface area (Å²) in [6.07, 6.45) is 0.548. The molecule has 23 heavy (non-hydrogen) atoms. The minimum Gasteiger partial charge on any atom is -0.493 e. The normalized spacial score (nSPS) is 12.1. The van der Waals surface area contributed by atoms with Crippen molar-refractivity contribution >= 4 is 29.5 Å². The zero-order valence-electron chi connectivity index (χ0n) is 12.7. The van der Waals surface area contributed by atoms with Crippen molar-refractivity contribution in [2.45, 2.75) is 13.0 Å². The van der Waals surface area contributed by atoms with E-state index in [-0.39, 0.29) is 0 Å². The Morgan fingerprint density at radius 2 is 2.00 bits per heavy atom. The number of aliphatic imine (C=N–C) groups is 1. The molecule has 2 aromatic carbocycles. The van der Waals surface area contributed by atoms with Gasteiger partial charge in [-0.2, -0.15) is 0 Å². The smallest absolute Gasteiger partial charge is 0.344 e. The van der Waals surface area contributed by atoms with Gasteiger partial charge in [0.15, 0.2) is 17.6 Å². The molecule has 0 heterocycles. The zero-order valence-corrected chi connectivity index (χ0v) is 13.4. The number of nitrogens with zero attached hydrogens (tertiary/aromatic N) is 1. The predicted molar refractivity (Wildman–Crippen MR) is 89.4 cm³/mol. The topological polar surface area (TPSA) is 68.1 Å². The van der Waals surface area contributed by atoms with Gasteiger partial charge in [-0.05, 0) is 31.2 Å². The predicted octanol–water partition coefficient (Wildman–Crippen LogP) is 3.95. The number of carboxylic acids is 1. The van der Waals surface area contributed by atoms with E-state index in [2.05, 4.69) is 4.99 Å². The van der Waals surface area contributed by atoms with Gasteiger partial charge < -0.3 is 14.6 Å². The monoisotopic (exact) mass is 333 g/mol. The first kappa shape index (κ1) is 16.8. The third-order valence-electron chi connectivity index (χ3n) is 3.07. The van der Waals surface area contributed by atoms with Crippen LogP contribution in [0.4, 0.5) is 5.69 Å². The summed E-state index contributed by atoms with van der Waals surface area (Å²) in [6.45, 7) is 1.45. The number of aliphatic carboxylic acids is 1. The van der Waals surface area contributed by atoms with Crippen LogP contribution in [0.1, 0.15) is 12.5 Å². The van der Waals surface area contributed by atoms with Crippen molar-refractivity contribution in [3.05, 3.63) is 53.1 Å². The number of hydrogen-bond acceptors (Lipinski definition) is 4. The summed E-state index contributed by atoms with van der Waals surface area (Å²) in [5.74, 6) is -0.313. The van der Waals surface area contributed by atoms with Gasteiger partial charge in [-0.15, -0.1) is 0 Å². The maximum atomic E-state index is 11.0. The highest BCUT2D eigenvalue weighted by molar-refractivity contribution is 6.33. The molecule has 0 spiro atoms. The van der Waals surface area contributed by atoms with Gasteiger partial charge in [0.05, 0.1) is 17.8 Å². The number of benzene rings is 2. The standard InChI is InChI=1S/C17H16ClNO4/c1-11(17(20)21)23-16-12(6-5-9-15(16)22-2)10-19-14-8-4-3-7-13(14)18/h3-11H,1-2H3,(H,20,21)/t11-/m1/s1. The average Bonchev–Trinajstić information content (AvgIpc) is 2.54. The summed E-state index contributed by atoms with van der Waals surface area (Å²) < 4.78 is 10.7. The molecule has 1 N–H and O–H groups in total. The van der Waals surface area contributed by atoms with Gasteiger partial charge in [-0.3, -0.25) is 4.99 Å². The molecule has 0 aliphatic rings. The van der Waals surface area contributed by atoms with Crippen LogP contribution in [0.15, 0.2) is 47.5 Å². The fourth-order valence-electron chi connectivity index (χ4n) is 1.84. The van der Waals surface area contributed by atoms with E-state index in [4.69, 9.17) is 26.2 Å².